The number of rotatable bonds is 4. The van der Waals surface area contributed by atoms with E-state index in [4.69, 9.17) is 0 Å². The summed E-state index contributed by atoms with van der Waals surface area (Å²) in [6, 6.07) is 8.37. The number of fused-ring (bicyclic) bond motifs is 1. The van der Waals surface area contributed by atoms with Crippen LogP contribution in [-0.4, -0.2) is 11.7 Å². The Balaban J connectivity index is 1.68. The standard InChI is InChI=1S/C21H23FN2OS2/c1-21(2,3)13-4-9-16-17(11-23)20(27-18(16)10-13)24-19(25)12-26-15-7-5-14(22)6-8-15/h5-8,13H,4,9-10,12H2,1-3H3,(H,24,25). The highest BCUT2D eigenvalue weighted by Crippen LogP contribution is 2.44. The van der Waals surface area contributed by atoms with Crippen LogP contribution in [0.25, 0.3) is 0 Å². The fraction of sp³-hybridized carbons (Fsp3) is 0.429. The lowest BCUT2D eigenvalue weighted by Crippen LogP contribution is -2.26. The summed E-state index contributed by atoms with van der Waals surface area (Å²) in [6.45, 7) is 6.78. The second-order valence-corrected chi connectivity index (χ2v) is 10.1. The van der Waals surface area contributed by atoms with E-state index < -0.39 is 0 Å². The first-order valence-electron chi connectivity index (χ1n) is 9.00. The molecule has 6 heteroatoms. The molecule has 1 heterocycles. The van der Waals surface area contributed by atoms with Crippen LogP contribution in [0.15, 0.2) is 29.2 Å². The van der Waals surface area contributed by atoms with Crippen molar-refractivity contribution in [3.05, 3.63) is 46.1 Å². The molecule has 0 bridgehead atoms. The van der Waals surface area contributed by atoms with Gasteiger partial charge in [0.15, 0.2) is 0 Å². The Morgan fingerprint density at radius 2 is 2.07 bits per heavy atom. The first-order valence-corrected chi connectivity index (χ1v) is 10.8. The molecule has 0 spiro atoms. The molecule has 3 rings (SSSR count). The topological polar surface area (TPSA) is 52.9 Å². The van der Waals surface area contributed by atoms with Crippen molar-refractivity contribution in [2.75, 3.05) is 11.1 Å². The number of nitrogens with one attached hydrogen (secondary N) is 1. The molecule has 1 amide bonds. The van der Waals surface area contributed by atoms with Crippen molar-refractivity contribution in [1.29, 1.82) is 5.26 Å². The molecule has 1 unspecified atom stereocenters. The smallest absolute Gasteiger partial charge is 0.235 e. The fourth-order valence-electron chi connectivity index (χ4n) is 3.37. The molecule has 2 aromatic rings. The SMILES string of the molecule is CC(C)(C)C1CCc2c(sc(NC(=O)CSc3ccc(F)cc3)c2C#N)C1. The van der Waals surface area contributed by atoms with E-state index in [-0.39, 0.29) is 22.9 Å². The van der Waals surface area contributed by atoms with Crippen molar-refractivity contribution >= 4 is 34.0 Å². The summed E-state index contributed by atoms with van der Waals surface area (Å²) in [5, 5.41) is 13.2. The van der Waals surface area contributed by atoms with Crippen LogP contribution in [0.2, 0.25) is 0 Å². The van der Waals surface area contributed by atoms with Crippen molar-refractivity contribution in [2.24, 2.45) is 11.3 Å². The molecule has 0 fully saturated rings. The van der Waals surface area contributed by atoms with Crippen LogP contribution < -0.4 is 5.32 Å². The number of amides is 1. The van der Waals surface area contributed by atoms with Gasteiger partial charge in [0.1, 0.15) is 16.9 Å². The van der Waals surface area contributed by atoms with Crippen molar-refractivity contribution < 1.29 is 9.18 Å². The molecule has 1 aromatic heterocycles. The Bertz CT molecular complexity index is 875. The van der Waals surface area contributed by atoms with Gasteiger partial charge in [0, 0.05) is 9.77 Å². The Hall–Kier alpha value is -1.84. The minimum absolute atomic E-state index is 0.146. The van der Waals surface area contributed by atoms with Gasteiger partial charge in [-0.1, -0.05) is 20.8 Å². The quantitative estimate of drug-likeness (QED) is 0.673. The van der Waals surface area contributed by atoms with E-state index in [1.165, 1.54) is 28.8 Å². The van der Waals surface area contributed by atoms with Crippen LogP contribution in [0.5, 0.6) is 0 Å². The Kier molecular flexibility index (Phi) is 5.92. The number of carbonyl (C=O) groups excluding carboxylic acids is 1. The molecule has 1 aliphatic rings. The molecular formula is C21H23FN2OS2. The van der Waals surface area contributed by atoms with Crippen molar-refractivity contribution in [1.82, 2.24) is 0 Å². The summed E-state index contributed by atoms with van der Waals surface area (Å²) >= 11 is 2.90. The predicted octanol–water partition coefficient (Wildman–Crippen LogP) is 5.64. The molecule has 1 aliphatic carbocycles. The van der Waals surface area contributed by atoms with Crippen LogP contribution in [-0.2, 0) is 17.6 Å². The largest absolute Gasteiger partial charge is 0.316 e. The van der Waals surface area contributed by atoms with Crippen molar-refractivity contribution in [2.45, 2.75) is 44.9 Å². The number of thiophene rings is 1. The van der Waals surface area contributed by atoms with Crippen molar-refractivity contribution in [3.8, 4) is 6.07 Å². The first-order chi connectivity index (χ1) is 12.8. The molecule has 0 saturated carbocycles. The molecule has 0 aliphatic heterocycles. The van der Waals surface area contributed by atoms with Gasteiger partial charge in [-0.25, -0.2) is 4.39 Å². The molecule has 1 N–H and O–H groups in total. The number of anilines is 1. The van der Waals surface area contributed by atoms with E-state index in [1.54, 1.807) is 23.5 Å². The normalized spacial score (nSPS) is 16.5. The number of hydrogen-bond donors (Lipinski definition) is 1. The summed E-state index contributed by atoms with van der Waals surface area (Å²) in [5.74, 6) is 0.378. The molecule has 0 radical (unpaired) electrons. The Morgan fingerprint density at radius 3 is 2.70 bits per heavy atom. The predicted molar refractivity (Wildman–Crippen MR) is 110 cm³/mol. The molecule has 142 valence electrons. The lowest BCUT2D eigenvalue weighted by molar-refractivity contribution is -0.113. The average Bonchev–Trinajstić information content (AvgIpc) is 2.96. The van der Waals surface area contributed by atoms with Gasteiger partial charge in [0.25, 0.3) is 0 Å². The highest BCUT2D eigenvalue weighted by molar-refractivity contribution is 8.00. The van der Waals surface area contributed by atoms with Gasteiger partial charge < -0.3 is 5.32 Å². The fourth-order valence-corrected chi connectivity index (χ4v) is 5.37. The lowest BCUT2D eigenvalue weighted by atomic mass is 9.72. The summed E-state index contributed by atoms with van der Waals surface area (Å²) in [4.78, 5) is 14.4. The number of carbonyl (C=O) groups is 1. The maximum atomic E-state index is 13.0. The molecular weight excluding hydrogens is 379 g/mol. The zero-order valence-corrected chi connectivity index (χ0v) is 17.4. The summed E-state index contributed by atoms with van der Waals surface area (Å²) in [6.07, 6.45) is 2.95. The number of hydrogen-bond acceptors (Lipinski definition) is 4. The zero-order chi connectivity index (χ0) is 19.6. The van der Waals surface area contributed by atoms with Crippen LogP contribution in [0.3, 0.4) is 0 Å². The van der Waals surface area contributed by atoms with Gasteiger partial charge in [-0.15, -0.1) is 23.1 Å². The molecule has 27 heavy (non-hydrogen) atoms. The lowest BCUT2D eigenvalue weighted by Gasteiger charge is -2.33. The van der Waals surface area contributed by atoms with Gasteiger partial charge in [-0.2, -0.15) is 5.26 Å². The number of benzene rings is 1. The third-order valence-corrected chi connectivity index (χ3v) is 7.22. The van der Waals surface area contributed by atoms with Crippen LogP contribution in [0, 0.1) is 28.5 Å². The van der Waals surface area contributed by atoms with Crippen LogP contribution >= 0.6 is 23.1 Å². The van der Waals surface area contributed by atoms with E-state index in [1.807, 2.05) is 0 Å². The zero-order valence-electron chi connectivity index (χ0n) is 15.8. The second kappa shape index (κ2) is 8.04. The average molecular weight is 403 g/mol. The summed E-state index contributed by atoms with van der Waals surface area (Å²) in [7, 11) is 0. The van der Waals surface area contributed by atoms with E-state index >= 15 is 0 Å². The van der Waals surface area contributed by atoms with Gasteiger partial charge >= 0.3 is 0 Å². The van der Waals surface area contributed by atoms with E-state index in [0.717, 1.165) is 29.7 Å². The third-order valence-electron chi connectivity index (χ3n) is 5.04. The minimum Gasteiger partial charge on any atom is -0.316 e. The van der Waals surface area contributed by atoms with Crippen LogP contribution in [0.1, 0.15) is 43.2 Å². The minimum atomic E-state index is -0.291. The Morgan fingerprint density at radius 1 is 1.37 bits per heavy atom. The third kappa shape index (κ3) is 4.72. The van der Waals surface area contributed by atoms with Gasteiger partial charge in [-0.3, -0.25) is 4.79 Å². The maximum absolute atomic E-state index is 13.0. The van der Waals surface area contributed by atoms with E-state index in [0.29, 0.717) is 16.5 Å². The number of nitriles is 1. The first kappa shape index (κ1) is 19.9. The summed E-state index contributed by atoms with van der Waals surface area (Å²) in [5.41, 5.74) is 1.98. The van der Waals surface area contributed by atoms with Crippen molar-refractivity contribution in [3.63, 3.8) is 0 Å². The number of thioether (sulfide) groups is 1. The molecule has 1 atom stereocenters. The maximum Gasteiger partial charge on any atom is 0.235 e. The van der Waals surface area contributed by atoms with E-state index in [9.17, 15) is 14.4 Å². The Labute approximate surface area is 168 Å². The molecule has 0 saturated heterocycles. The summed E-state index contributed by atoms with van der Waals surface area (Å²) < 4.78 is 13.0. The monoisotopic (exact) mass is 402 g/mol. The van der Waals surface area contributed by atoms with Gasteiger partial charge in [-0.05, 0) is 60.4 Å². The van der Waals surface area contributed by atoms with E-state index in [2.05, 4.69) is 32.2 Å². The van der Waals surface area contributed by atoms with Crippen LogP contribution in [0.4, 0.5) is 9.39 Å². The molecule has 3 nitrogen and oxygen atoms in total. The molecule has 1 aromatic carbocycles. The highest BCUT2D eigenvalue weighted by Gasteiger charge is 2.32. The highest BCUT2D eigenvalue weighted by atomic mass is 32.2. The van der Waals surface area contributed by atoms with Gasteiger partial charge in [0.2, 0.25) is 5.91 Å². The van der Waals surface area contributed by atoms with Gasteiger partial charge in [0.05, 0.1) is 11.3 Å². The number of halogens is 1. The number of nitrogens with zero attached hydrogens (tertiary/aromatic N) is 1. The second-order valence-electron chi connectivity index (χ2n) is 7.92.